The second kappa shape index (κ2) is 3.75. The van der Waals surface area contributed by atoms with Crippen LogP contribution in [0, 0.1) is 0 Å². The van der Waals surface area contributed by atoms with Crippen LogP contribution in [0.1, 0.15) is 25.2 Å². The maximum absolute atomic E-state index is 4.19. The van der Waals surface area contributed by atoms with E-state index in [-0.39, 0.29) is 6.04 Å². The van der Waals surface area contributed by atoms with Gasteiger partial charge in [-0.15, -0.1) is 10.2 Å². The van der Waals surface area contributed by atoms with Gasteiger partial charge in [0.1, 0.15) is 0 Å². The summed E-state index contributed by atoms with van der Waals surface area (Å²) in [6.07, 6.45) is 3.00. The van der Waals surface area contributed by atoms with Crippen LogP contribution < -0.4 is 5.32 Å². The molecule has 0 aromatic carbocycles. The summed E-state index contributed by atoms with van der Waals surface area (Å²) in [5.74, 6) is 0.977. The normalized spacial score (nSPS) is 13.3. The molecule has 2 aromatic heterocycles. The Bertz CT molecular complexity index is 417. The summed E-state index contributed by atoms with van der Waals surface area (Å²) in [6.45, 7) is 2.13. The summed E-state index contributed by atoms with van der Waals surface area (Å²) >= 11 is 0. The van der Waals surface area contributed by atoms with E-state index in [0.29, 0.717) is 0 Å². The van der Waals surface area contributed by atoms with E-state index in [1.54, 1.807) is 0 Å². The Morgan fingerprint density at radius 2 is 2.29 bits per heavy atom. The molecule has 0 fully saturated rings. The molecule has 0 aliphatic rings. The summed E-state index contributed by atoms with van der Waals surface area (Å²) in [5.41, 5.74) is 0.899. The van der Waals surface area contributed by atoms with Crippen molar-refractivity contribution in [3.05, 3.63) is 30.2 Å². The van der Waals surface area contributed by atoms with E-state index in [2.05, 4.69) is 22.4 Å². The van der Waals surface area contributed by atoms with E-state index >= 15 is 0 Å². The third-order valence-corrected chi connectivity index (χ3v) is 2.41. The highest BCUT2D eigenvalue weighted by molar-refractivity contribution is 5.37. The van der Waals surface area contributed by atoms with Crippen molar-refractivity contribution in [3.8, 4) is 0 Å². The number of pyridine rings is 1. The first-order valence-electron chi connectivity index (χ1n) is 4.83. The standard InChI is InChI=1S/C10H14N4/c1-3-8(11-2)10-13-12-9-6-4-5-7-14(9)10/h4-8,11H,3H2,1-2H3. The number of nitrogens with zero attached hydrogens (tertiary/aromatic N) is 3. The minimum absolute atomic E-state index is 0.271. The molecule has 1 N–H and O–H groups in total. The second-order valence-corrected chi connectivity index (χ2v) is 3.24. The van der Waals surface area contributed by atoms with Gasteiger partial charge in [-0.05, 0) is 25.6 Å². The lowest BCUT2D eigenvalue weighted by Crippen LogP contribution is -2.18. The molecule has 1 unspecified atom stereocenters. The predicted molar refractivity (Wildman–Crippen MR) is 55.1 cm³/mol. The maximum atomic E-state index is 4.19. The van der Waals surface area contributed by atoms with Gasteiger partial charge in [-0.3, -0.25) is 4.40 Å². The zero-order chi connectivity index (χ0) is 9.97. The predicted octanol–water partition coefficient (Wildman–Crippen LogP) is 1.40. The van der Waals surface area contributed by atoms with Crippen LogP contribution in [-0.2, 0) is 0 Å². The van der Waals surface area contributed by atoms with Crippen LogP contribution in [0.4, 0.5) is 0 Å². The molecule has 0 aliphatic heterocycles. The molecular formula is C10H14N4. The van der Waals surface area contributed by atoms with Gasteiger partial charge in [-0.2, -0.15) is 0 Å². The van der Waals surface area contributed by atoms with Crippen molar-refractivity contribution >= 4 is 5.65 Å². The minimum atomic E-state index is 0.271. The molecule has 0 spiro atoms. The number of hydrogen-bond acceptors (Lipinski definition) is 3. The van der Waals surface area contributed by atoms with Gasteiger partial charge in [0.2, 0.25) is 0 Å². The molecule has 4 nitrogen and oxygen atoms in total. The zero-order valence-electron chi connectivity index (χ0n) is 8.44. The van der Waals surface area contributed by atoms with Gasteiger partial charge in [0, 0.05) is 6.20 Å². The summed E-state index contributed by atoms with van der Waals surface area (Å²) in [4.78, 5) is 0. The van der Waals surface area contributed by atoms with Gasteiger partial charge in [0.05, 0.1) is 6.04 Å². The van der Waals surface area contributed by atoms with Crippen LogP contribution >= 0.6 is 0 Å². The Morgan fingerprint density at radius 1 is 1.43 bits per heavy atom. The van der Waals surface area contributed by atoms with Crippen molar-refractivity contribution in [3.63, 3.8) is 0 Å². The Kier molecular flexibility index (Phi) is 2.45. The fourth-order valence-electron chi connectivity index (χ4n) is 1.61. The smallest absolute Gasteiger partial charge is 0.160 e. The Labute approximate surface area is 83.0 Å². The van der Waals surface area contributed by atoms with Crippen LogP contribution in [0.25, 0.3) is 5.65 Å². The zero-order valence-corrected chi connectivity index (χ0v) is 8.44. The van der Waals surface area contributed by atoms with Crippen molar-refractivity contribution in [1.82, 2.24) is 19.9 Å². The molecule has 2 aromatic rings. The van der Waals surface area contributed by atoms with Crippen molar-refractivity contribution < 1.29 is 0 Å². The van der Waals surface area contributed by atoms with E-state index in [0.717, 1.165) is 17.9 Å². The molecule has 0 amide bonds. The summed E-state index contributed by atoms with van der Waals surface area (Å²) in [7, 11) is 1.94. The van der Waals surface area contributed by atoms with Crippen LogP contribution in [0.2, 0.25) is 0 Å². The van der Waals surface area contributed by atoms with Crippen molar-refractivity contribution in [2.75, 3.05) is 7.05 Å². The average Bonchev–Trinajstić information content (AvgIpc) is 2.65. The number of aromatic nitrogens is 3. The van der Waals surface area contributed by atoms with E-state index in [4.69, 9.17) is 0 Å². The van der Waals surface area contributed by atoms with Crippen LogP contribution in [0.5, 0.6) is 0 Å². The van der Waals surface area contributed by atoms with Crippen LogP contribution in [0.3, 0.4) is 0 Å². The van der Waals surface area contributed by atoms with Gasteiger partial charge in [0.15, 0.2) is 11.5 Å². The third-order valence-electron chi connectivity index (χ3n) is 2.41. The molecular weight excluding hydrogens is 176 g/mol. The average molecular weight is 190 g/mol. The summed E-state index contributed by atoms with van der Waals surface area (Å²) in [5, 5.41) is 11.5. The minimum Gasteiger partial charge on any atom is -0.310 e. The Morgan fingerprint density at radius 3 is 3.00 bits per heavy atom. The topological polar surface area (TPSA) is 42.2 Å². The molecule has 2 rings (SSSR count). The van der Waals surface area contributed by atoms with E-state index in [1.165, 1.54) is 0 Å². The lowest BCUT2D eigenvalue weighted by molar-refractivity contribution is 0.539. The highest BCUT2D eigenvalue weighted by Gasteiger charge is 2.13. The van der Waals surface area contributed by atoms with Crippen molar-refractivity contribution in [1.29, 1.82) is 0 Å². The third kappa shape index (κ3) is 1.37. The first-order chi connectivity index (χ1) is 6.86. The highest BCUT2D eigenvalue weighted by Crippen LogP contribution is 2.14. The van der Waals surface area contributed by atoms with Gasteiger partial charge < -0.3 is 5.32 Å². The molecule has 0 saturated carbocycles. The van der Waals surface area contributed by atoms with Crippen molar-refractivity contribution in [2.24, 2.45) is 0 Å². The molecule has 0 radical (unpaired) electrons. The Balaban J connectivity index is 2.51. The summed E-state index contributed by atoms with van der Waals surface area (Å²) in [6, 6.07) is 6.18. The summed E-state index contributed by atoms with van der Waals surface area (Å²) < 4.78 is 2.02. The quantitative estimate of drug-likeness (QED) is 0.795. The highest BCUT2D eigenvalue weighted by atomic mass is 15.3. The van der Waals surface area contributed by atoms with Crippen LogP contribution in [0.15, 0.2) is 24.4 Å². The molecule has 0 aliphatic carbocycles. The van der Waals surface area contributed by atoms with E-state index in [9.17, 15) is 0 Å². The van der Waals surface area contributed by atoms with Gasteiger partial charge in [0.25, 0.3) is 0 Å². The lowest BCUT2D eigenvalue weighted by atomic mass is 10.2. The molecule has 2 heterocycles. The largest absolute Gasteiger partial charge is 0.310 e. The molecule has 1 atom stereocenters. The van der Waals surface area contributed by atoms with Gasteiger partial charge in [-0.1, -0.05) is 13.0 Å². The molecule has 0 bridgehead atoms. The van der Waals surface area contributed by atoms with E-state index in [1.807, 2.05) is 35.8 Å². The molecule has 4 heteroatoms. The van der Waals surface area contributed by atoms with Gasteiger partial charge >= 0.3 is 0 Å². The molecule has 14 heavy (non-hydrogen) atoms. The molecule has 74 valence electrons. The van der Waals surface area contributed by atoms with Crippen molar-refractivity contribution in [2.45, 2.75) is 19.4 Å². The SMILES string of the molecule is CCC(NC)c1nnc2ccccn12. The molecule has 0 saturated heterocycles. The monoisotopic (exact) mass is 190 g/mol. The Hall–Kier alpha value is -1.42. The fourth-order valence-corrected chi connectivity index (χ4v) is 1.61. The van der Waals surface area contributed by atoms with Crippen LogP contribution in [-0.4, -0.2) is 21.6 Å². The number of fused-ring (bicyclic) bond motifs is 1. The number of rotatable bonds is 3. The van der Waals surface area contributed by atoms with Gasteiger partial charge in [-0.25, -0.2) is 0 Å². The first-order valence-corrected chi connectivity index (χ1v) is 4.83. The second-order valence-electron chi connectivity index (χ2n) is 3.24. The number of hydrogen-bond donors (Lipinski definition) is 1. The number of nitrogens with one attached hydrogen (secondary N) is 1. The first kappa shape index (κ1) is 9.15. The van der Waals surface area contributed by atoms with E-state index < -0.39 is 0 Å². The maximum Gasteiger partial charge on any atom is 0.160 e. The fraction of sp³-hybridized carbons (Fsp3) is 0.400. The lowest BCUT2D eigenvalue weighted by Gasteiger charge is -2.10.